The van der Waals surface area contributed by atoms with Crippen LogP contribution in [0.25, 0.3) is 0 Å². The lowest BCUT2D eigenvalue weighted by Gasteiger charge is -2.20. The number of aromatic nitrogens is 2. The van der Waals surface area contributed by atoms with Crippen LogP contribution in [-0.4, -0.2) is 24.1 Å². The Labute approximate surface area is 122 Å². The molecular formula is C14H17BrN4. The molecule has 4 nitrogen and oxygen atoms in total. The van der Waals surface area contributed by atoms with Gasteiger partial charge in [0.25, 0.3) is 0 Å². The van der Waals surface area contributed by atoms with Crippen LogP contribution >= 0.6 is 15.9 Å². The summed E-state index contributed by atoms with van der Waals surface area (Å²) in [7, 11) is 3.89. The fourth-order valence-electron chi connectivity index (χ4n) is 1.84. The maximum absolute atomic E-state index is 4.47. The van der Waals surface area contributed by atoms with Crippen LogP contribution in [0.15, 0.2) is 34.8 Å². The van der Waals surface area contributed by atoms with E-state index in [0.29, 0.717) is 0 Å². The van der Waals surface area contributed by atoms with Gasteiger partial charge in [-0.05, 0) is 18.6 Å². The van der Waals surface area contributed by atoms with Gasteiger partial charge in [-0.25, -0.2) is 9.97 Å². The van der Waals surface area contributed by atoms with Gasteiger partial charge in [-0.1, -0.05) is 34.1 Å². The average Bonchev–Trinajstić information content (AvgIpc) is 2.40. The first-order valence-electron chi connectivity index (χ1n) is 6.08. The minimum absolute atomic E-state index is 0.765. The molecule has 0 radical (unpaired) electrons. The minimum atomic E-state index is 0.765. The molecule has 0 atom stereocenters. The van der Waals surface area contributed by atoms with Gasteiger partial charge in [-0.2, -0.15) is 0 Å². The second-order valence-electron chi connectivity index (χ2n) is 4.36. The first-order chi connectivity index (χ1) is 9.10. The smallest absolute Gasteiger partial charge is 0.134 e. The lowest BCUT2D eigenvalue weighted by molar-refractivity contribution is 0.877. The molecule has 0 saturated heterocycles. The Kier molecular flexibility index (Phi) is 4.37. The molecule has 0 aliphatic carbocycles. The largest absolute Gasteiger partial charge is 0.373 e. The molecule has 0 fully saturated rings. The molecule has 1 heterocycles. The van der Waals surface area contributed by atoms with Gasteiger partial charge >= 0.3 is 0 Å². The maximum atomic E-state index is 4.47. The third-order valence-corrected chi connectivity index (χ3v) is 3.61. The van der Waals surface area contributed by atoms with Gasteiger partial charge < -0.3 is 10.2 Å². The number of halogens is 1. The minimum Gasteiger partial charge on any atom is -0.373 e. The first-order valence-corrected chi connectivity index (χ1v) is 6.87. The molecule has 0 unspecified atom stereocenters. The summed E-state index contributed by atoms with van der Waals surface area (Å²) >= 11 is 3.57. The standard InChI is InChI=1S/C14H17BrN4/c1-10-17-13(16-2)8-14(18-10)19(3)9-11-6-4-5-7-12(11)15/h4-8H,9H2,1-3H3,(H,16,17,18). The maximum Gasteiger partial charge on any atom is 0.134 e. The van der Waals surface area contributed by atoms with Crippen molar-refractivity contribution in [2.45, 2.75) is 13.5 Å². The van der Waals surface area contributed by atoms with E-state index in [1.807, 2.05) is 45.3 Å². The highest BCUT2D eigenvalue weighted by Gasteiger charge is 2.08. The number of hydrogen-bond acceptors (Lipinski definition) is 4. The fraction of sp³-hybridized carbons (Fsp3) is 0.286. The highest BCUT2D eigenvalue weighted by molar-refractivity contribution is 9.10. The van der Waals surface area contributed by atoms with Gasteiger partial charge in [0.1, 0.15) is 17.5 Å². The van der Waals surface area contributed by atoms with Gasteiger partial charge in [0.15, 0.2) is 0 Å². The van der Waals surface area contributed by atoms with Crippen molar-refractivity contribution in [1.29, 1.82) is 0 Å². The number of nitrogens with zero attached hydrogens (tertiary/aromatic N) is 3. The summed E-state index contributed by atoms with van der Waals surface area (Å²) in [4.78, 5) is 10.9. The Balaban J connectivity index is 2.22. The van der Waals surface area contributed by atoms with Crippen molar-refractivity contribution in [3.8, 4) is 0 Å². The summed E-state index contributed by atoms with van der Waals surface area (Å²) in [5.41, 5.74) is 1.23. The molecular weight excluding hydrogens is 304 g/mol. The number of anilines is 2. The van der Waals surface area contributed by atoms with Crippen molar-refractivity contribution < 1.29 is 0 Å². The van der Waals surface area contributed by atoms with E-state index in [-0.39, 0.29) is 0 Å². The summed E-state index contributed by atoms with van der Waals surface area (Å²) in [6, 6.07) is 10.2. The summed E-state index contributed by atoms with van der Waals surface area (Å²) < 4.78 is 1.11. The fourth-order valence-corrected chi connectivity index (χ4v) is 2.25. The first kappa shape index (κ1) is 13.8. The normalized spacial score (nSPS) is 10.3. The van der Waals surface area contributed by atoms with Gasteiger partial charge in [0.05, 0.1) is 0 Å². The van der Waals surface area contributed by atoms with Crippen LogP contribution in [0.2, 0.25) is 0 Å². The van der Waals surface area contributed by atoms with E-state index in [2.05, 4.69) is 42.2 Å². The monoisotopic (exact) mass is 320 g/mol. The zero-order chi connectivity index (χ0) is 13.8. The third kappa shape index (κ3) is 3.44. The Morgan fingerprint density at radius 2 is 2.00 bits per heavy atom. The van der Waals surface area contributed by atoms with E-state index in [0.717, 1.165) is 28.5 Å². The van der Waals surface area contributed by atoms with Crippen molar-refractivity contribution in [1.82, 2.24) is 9.97 Å². The van der Waals surface area contributed by atoms with Gasteiger partial charge in [0.2, 0.25) is 0 Å². The van der Waals surface area contributed by atoms with E-state index in [1.54, 1.807) is 0 Å². The molecule has 0 amide bonds. The van der Waals surface area contributed by atoms with Crippen molar-refractivity contribution in [3.63, 3.8) is 0 Å². The lowest BCUT2D eigenvalue weighted by Crippen LogP contribution is -2.19. The van der Waals surface area contributed by atoms with Crippen LogP contribution in [0.4, 0.5) is 11.6 Å². The Morgan fingerprint density at radius 1 is 1.26 bits per heavy atom. The van der Waals surface area contributed by atoms with Crippen molar-refractivity contribution in [2.75, 3.05) is 24.3 Å². The van der Waals surface area contributed by atoms with Gasteiger partial charge in [-0.15, -0.1) is 0 Å². The lowest BCUT2D eigenvalue weighted by atomic mass is 10.2. The Bertz CT molecular complexity index is 571. The number of hydrogen-bond donors (Lipinski definition) is 1. The number of aryl methyl sites for hydroxylation is 1. The van der Waals surface area contributed by atoms with Crippen LogP contribution in [0.5, 0.6) is 0 Å². The van der Waals surface area contributed by atoms with E-state index in [1.165, 1.54) is 5.56 Å². The third-order valence-electron chi connectivity index (χ3n) is 2.84. The van der Waals surface area contributed by atoms with Crippen LogP contribution in [0.1, 0.15) is 11.4 Å². The molecule has 0 aliphatic rings. The predicted octanol–water partition coefficient (Wildman–Crippen LogP) is 3.23. The van der Waals surface area contributed by atoms with Gasteiger partial charge in [0, 0.05) is 31.2 Å². The molecule has 0 aliphatic heterocycles. The molecule has 1 N–H and O–H groups in total. The summed E-state index contributed by atoms with van der Waals surface area (Å²) in [5.74, 6) is 2.51. The molecule has 19 heavy (non-hydrogen) atoms. The molecule has 5 heteroatoms. The number of nitrogens with one attached hydrogen (secondary N) is 1. The van der Waals surface area contributed by atoms with Crippen molar-refractivity contribution in [3.05, 3.63) is 46.2 Å². The Morgan fingerprint density at radius 3 is 2.68 bits per heavy atom. The van der Waals surface area contributed by atoms with E-state index in [4.69, 9.17) is 0 Å². The number of benzene rings is 1. The second-order valence-corrected chi connectivity index (χ2v) is 5.21. The van der Waals surface area contributed by atoms with Crippen LogP contribution in [0.3, 0.4) is 0 Å². The average molecular weight is 321 g/mol. The molecule has 0 spiro atoms. The van der Waals surface area contributed by atoms with Crippen LogP contribution in [0, 0.1) is 6.92 Å². The quantitative estimate of drug-likeness (QED) is 0.939. The zero-order valence-corrected chi connectivity index (χ0v) is 12.9. The summed E-state index contributed by atoms with van der Waals surface area (Å²) in [6.07, 6.45) is 0. The molecule has 100 valence electrons. The van der Waals surface area contributed by atoms with Gasteiger partial charge in [-0.3, -0.25) is 0 Å². The molecule has 2 aromatic rings. The Hall–Kier alpha value is -1.62. The topological polar surface area (TPSA) is 41.0 Å². The summed E-state index contributed by atoms with van der Waals surface area (Å²) in [6.45, 7) is 2.69. The molecule has 0 bridgehead atoms. The molecule has 1 aromatic heterocycles. The van der Waals surface area contributed by atoms with Crippen LogP contribution < -0.4 is 10.2 Å². The summed E-state index contributed by atoms with van der Waals surface area (Å²) in [5, 5.41) is 3.05. The van der Waals surface area contributed by atoms with E-state index in [9.17, 15) is 0 Å². The highest BCUT2D eigenvalue weighted by atomic mass is 79.9. The van der Waals surface area contributed by atoms with Crippen LogP contribution in [-0.2, 0) is 6.54 Å². The zero-order valence-electron chi connectivity index (χ0n) is 11.3. The molecule has 1 aromatic carbocycles. The molecule has 2 rings (SSSR count). The SMILES string of the molecule is CNc1cc(N(C)Cc2ccccc2Br)nc(C)n1. The van der Waals surface area contributed by atoms with Crippen molar-refractivity contribution >= 4 is 27.6 Å². The molecule has 0 saturated carbocycles. The number of rotatable bonds is 4. The van der Waals surface area contributed by atoms with E-state index < -0.39 is 0 Å². The highest BCUT2D eigenvalue weighted by Crippen LogP contribution is 2.21. The predicted molar refractivity (Wildman–Crippen MR) is 82.6 cm³/mol. The van der Waals surface area contributed by atoms with E-state index >= 15 is 0 Å². The van der Waals surface area contributed by atoms with Crippen molar-refractivity contribution in [2.24, 2.45) is 0 Å². The second kappa shape index (κ2) is 6.02.